The van der Waals surface area contributed by atoms with E-state index in [0.29, 0.717) is 11.5 Å². The molecule has 0 heterocycles. The normalized spacial score (nSPS) is 41.4. The first-order chi connectivity index (χ1) is 8.97. The topological polar surface area (TPSA) is 41.1 Å². The lowest BCUT2D eigenvalue weighted by Gasteiger charge is -2.59. The summed E-state index contributed by atoms with van der Waals surface area (Å²) in [4.78, 5) is 11.9. The van der Waals surface area contributed by atoms with Gasteiger partial charge in [-0.15, -0.1) is 0 Å². The standard InChI is InChI=1S/C16H28N2O/c1-10(2)17-15(19)18-11(3)16-7-12-4-13(8-16)6-14(5-12)9-16/h10-14H,4-9H2,1-3H3,(H2,17,18,19)/t11-,12?,13?,14?,16?/m0/s1. The summed E-state index contributed by atoms with van der Waals surface area (Å²) in [6.45, 7) is 6.25. The Morgan fingerprint density at radius 3 is 1.84 bits per heavy atom. The Morgan fingerprint density at radius 2 is 1.42 bits per heavy atom. The minimum Gasteiger partial charge on any atom is -0.336 e. The van der Waals surface area contributed by atoms with E-state index in [4.69, 9.17) is 0 Å². The van der Waals surface area contributed by atoms with Crippen molar-refractivity contribution in [2.24, 2.45) is 23.2 Å². The van der Waals surface area contributed by atoms with Crippen LogP contribution in [-0.4, -0.2) is 18.1 Å². The molecule has 0 spiro atoms. The van der Waals surface area contributed by atoms with Gasteiger partial charge in [0, 0.05) is 12.1 Å². The summed E-state index contributed by atoms with van der Waals surface area (Å²) in [5.41, 5.74) is 0.406. The maximum Gasteiger partial charge on any atom is 0.315 e. The molecule has 2 N–H and O–H groups in total. The third kappa shape index (κ3) is 2.48. The number of carbonyl (C=O) groups is 1. The Hall–Kier alpha value is -0.730. The van der Waals surface area contributed by atoms with Crippen LogP contribution in [0.2, 0.25) is 0 Å². The molecule has 0 aromatic carbocycles. The average molecular weight is 264 g/mol. The van der Waals surface area contributed by atoms with E-state index in [1.165, 1.54) is 38.5 Å². The molecule has 3 nitrogen and oxygen atoms in total. The molecular weight excluding hydrogens is 236 g/mol. The van der Waals surface area contributed by atoms with Crippen LogP contribution in [-0.2, 0) is 0 Å². The van der Waals surface area contributed by atoms with E-state index in [0.717, 1.165) is 17.8 Å². The molecule has 0 aliphatic heterocycles. The van der Waals surface area contributed by atoms with E-state index in [1.807, 2.05) is 13.8 Å². The van der Waals surface area contributed by atoms with E-state index in [-0.39, 0.29) is 12.1 Å². The van der Waals surface area contributed by atoms with Gasteiger partial charge in [-0.25, -0.2) is 4.79 Å². The largest absolute Gasteiger partial charge is 0.336 e. The summed E-state index contributed by atoms with van der Waals surface area (Å²) in [5.74, 6) is 2.84. The van der Waals surface area contributed by atoms with Crippen molar-refractivity contribution in [3.63, 3.8) is 0 Å². The first-order valence-electron chi connectivity index (χ1n) is 8.04. The third-order valence-corrected chi connectivity index (χ3v) is 5.77. The number of nitrogens with one attached hydrogen (secondary N) is 2. The van der Waals surface area contributed by atoms with E-state index in [9.17, 15) is 4.79 Å². The third-order valence-electron chi connectivity index (χ3n) is 5.77. The van der Waals surface area contributed by atoms with Crippen LogP contribution in [0.1, 0.15) is 59.3 Å². The summed E-state index contributed by atoms with van der Waals surface area (Å²) >= 11 is 0. The highest BCUT2D eigenvalue weighted by Crippen LogP contribution is 2.61. The number of urea groups is 1. The van der Waals surface area contributed by atoms with Crippen LogP contribution in [0.4, 0.5) is 4.79 Å². The minimum absolute atomic E-state index is 0.0123. The number of amides is 2. The quantitative estimate of drug-likeness (QED) is 0.807. The van der Waals surface area contributed by atoms with Gasteiger partial charge in [-0.2, -0.15) is 0 Å². The highest BCUT2D eigenvalue weighted by atomic mass is 16.2. The maximum absolute atomic E-state index is 11.9. The Morgan fingerprint density at radius 1 is 0.947 bits per heavy atom. The molecule has 0 unspecified atom stereocenters. The van der Waals surface area contributed by atoms with E-state index >= 15 is 0 Å². The molecule has 0 aromatic heterocycles. The van der Waals surface area contributed by atoms with Gasteiger partial charge in [-0.1, -0.05) is 0 Å². The Bertz CT molecular complexity index is 328. The first-order valence-corrected chi connectivity index (χ1v) is 8.04. The predicted octanol–water partition coefficient (Wildman–Crippen LogP) is 3.30. The van der Waals surface area contributed by atoms with Crippen LogP contribution in [0.3, 0.4) is 0 Å². The monoisotopic (exact) mass is 264 g/mol. The van der Waals surface area contributed by atoms with Crippen molar-refractivity contribution in [2.75, 3.05) is 0 Å². The summed E-state index contributed by atoms with van der Waals surface area (Å²) < 4.78 is 0. The molecule has 0 aromatic rings. The fourth-order valence-corrected chi connectivity index (χ4v) is 5.36. The van der Waals surface area contributed by atoms with Gasteiger partial charge in [0.15, 0.2) is 0 Å². The highest BCUT2D eigenvalue weighted by molar-refractivity contribution is 5.74. The SMILES string of the molecule is CC(C)NC(=O)N[C@@H](C)C12CC3CC(CC(C3)C1)C2. The first kappa shape index (κ1) is 13.3. The summed E-state index contributed by atoms with van der Waals surface area (Å²) in [6, 6.07) is 0.543. The molecule has 4 fully saturated rings. The average Bonchev–Trinajstić information content (AvgIpc) is 2.25. The fourth-order valence-electron chi connectivity index (χ4n) is 5.36. The smallest absolute Gasteiger partial charge is 0.315 e. The van der Waals surface area contributed by atoms with Crippen molar-refractivity contribution in [3.05, 3.63) is 0 Å². The molecule has 3 heteroatoms. The van der Waals surface area contributed by atoms with E-state index in [2.05, 4.69) is 17.6 Å². The van der Waals surface area contributed by atoms with Crippen molar-refractivity contribution in [1.82, 2.24) is 10.6 Å². The van der Waals surface area contributed by atoms with Crippen molar-refractivity contribution >= 4 is 6.03 Å². The van der Waals surface area contributed by atoms with Gasteiger partial charge in [-0.3, -0.25) is 0 Å². The zero-order chi connectivity index (χ0) is 13.6. The van der Waals surface area contributed by atoms with Crippen LogP contribution in [0, 0.1) is 23.2 Å². The van der Waals surface area contributed by atoms with Crippen LogP contribution in [0.15, 0.2) is 0 Å². The van der Waals surface area contributed by atoms with Gasteiger partial charge in [0.25, 0.3) is 0 Å². The maximum atomic E-state index is 11.9. The molecule has 19 heavy (non-hydrogen) atoms. The molecule has 4 rings (SSSR count). The van der Waals surface area contributed by atoms with Crippen LogP contribution >= 0.6 is 0 Å². The summed E-state index contributed by atoms with van der Waals surface area (Å²) in [7, 11) is 0. The van der Waals surface area contributed by atoms with Gasteiger partial charge in [-0.05, 0) is 82.5 Å². The number of hydrogen-bond donors (Lipinski definition) is 2. The minimum atomic E-state index is 0.0123. The molecule has 4 aliphatic carbocycles. The predicted molar refractivity (Wildman–Crippen MR) is 76.9 cm³/mol. The molecule has 4 aliphatic rings. The fraction of sp³-hybridized carbons (Fsp3) is 0.938. The Labute approximate surface area is 116 Å². The lowest BCUT2D eigenvalue weighted by atomic mass is 9.48. The number of hydrogen-bond acceptors (Lipinski definition) is 1. The van der Waals surface area contributed by atoms with Crippen molar-refractivity contribution in [3.8, 4) is 0 Å². The van der Waals surface area contributed by atoms with Gasteiger partial charge >= 0.3 is 6.03 Å². The van der Waals surface area contributed by atoms with Crippen LogP contribution in [0.5, 0.6) is 0 Å². The highest BCUT2D eigenvalue weighted by Gasteiger charge is 2.53. The van der Waals surface area contributed by atoms with Gasteiger partial charge in [0.2, 0.25) is 0 Å². The second-order valence-electron chi connectivity index (χ2n) is 7.77. The molecule has 4 saturated carbocycles. The van der Waals surface area contributed by atoms with Gasteiger partial charge in [0.1, 0.15) is 0 Å². The molecule has 1 atom stereocenters. The van der Waals surface area contributed by atoms with Crippen molar-refractivity contribution in [2.45, 2.75) is 71.4 Å². The molecule has 4 bridgehead atoms. The lowest BCUT2D eigenvalue weighted by Crippen LogP contribution is -2.57. The second kappa shape index (κ2) is 4.68. The zero-order valence-electron chi connectivity index (χ0n) is 12.5. The van der Waals surface area contributed by atoms with Crippen LogP contribution < -0.4 is 10.6 Å². The van der Waals surface area contributed by atoms with Crippen molar-refractivity contribution in [1.29, 1.82) is 0 Å². The van der Waals surface area contributed by atoms with E-state index < -0.39 is 0 Å². The second-order valence-corrected chi connectivity index (χ2v) is 7.77. The molecule has 108 valence electrons. The summed E-state index contributed by atoms with van der Waals surface area (Å²) in [5, 5.41) is 6.17. The Kier molecular flexibility index (Phi) is 3.26. The van der Waals surface area contributed by atoms with Crippen molar-refractivity contribution < 1.29 is 4.79 Å². The van der Waals surface area contributed by atoms with Crippen LogP contribution in [0.25, 0.3) is 0 Å². The van der Waals surface area contributed by atoms with Gasteiger partial charge in [0.05, 0.1) is 0 Å². The molecule has 0 radical (unpaired) electrons. The number of carbonyl (C=O) groups excluding carboxylic acids is 1. The molecular formula is C16H28N2O. The lowest BCUT2D eigenvalue weighted by molar-refractivity contribution is -0.0682. The molecule has 0 saturated heterocycles. The molecule has 2 amide bonds. The zero-order valence-corrected chi connectivity index (χ0v) is 12.5. The summed E-state index contributed by atoms with van der Waals surface area (Å²) in [6.07, 6.45) is 8.44. The number of rotatable bonds is 3. The Balaban J connectivity index is 1.66. The van der Waals surface area contributed by atoms with Gasteiger partial charge < -0.3 is 10.6 Å². The van der Waals surface area contributed by atoms with E-state index in [1.54, 1.807) is 0 Å².